The largest absolute Gasteiger partial charge is 0.340 e. The fraction of sp³-hybridized carbons (Fsp3) is 0.462. The average molecular weight is 261 g/mol. The second-order valence-electron chi connectivity index (χ2n) is 4.79. The van der Waals surface area contributed by atoms with E-state index in [1.165, 1.54) is 5.56 Å². The molecule has 2 rings (SSSR count). The molecule has 0 saturated heterocycles. The zero-order valence-electron chi connectivity index (χ0n) is 11.6. The molecule has 102 valence electrons. The van der Waals surface area contributed by atoms with Crippen molar-refractivity contribution < 1.29 is 4.79 Å². The summed E-state index contributed by atoms with van der Waals surface area (Å²) in [4.78, 5) is 13.7. The number of carbonyl (C=O) groups excluding carboxylic acids is 1. The van der Waals surface area contributed by atoms with Crippen molar-refractivity contribution in [2.45, 2.75) is 19.8 Å². The first-order valence-electron chi connectivity index (χ1n) is 6.31. The summed E-state index contributed by atoms with van der Waals surface area (Å²) in [5, 5.41) is 10.9. The third-order valence-corrected chi connectivity index (χ3v) is 2.99. The minimum atomic E-state index is -0.0458. The van der Waals surface area contributed by atoms with Gasteiger partial charge in [-0.1, -0.05) is 0 Å². The Morgan fingerprint density at radius 2 is 2.32 bits per heavy atom. The highest BCUT2D eigenvalue weighted by atomic mass is 16.2. The number of hydrogen-bond donors (Lipinski definition) is 1. The Morgan fingerprint density at radius 1 is 1.53 bits per heavy atom. The number of amides is 1. The molecule has 0 spiro atoms. The van der Waals surface area contributed by atoms with E-state index in [2.05, 4.69) is 15.3 Å². The Hall–Kier alpha value is -2.11. The second kappa shape index (κ2) is 5.69. The first-order valence-corrected chi connectivity index (χ1v) is 6.31. The smallest absolute Gasteiger partial charge is 0.274 e. The van der Waals surface area contributed by atoms with Gasteiger partial charge in [-0.05, 0) is 31.4 Å². The van der Waals surface area contributed by atoms with Crippen LogP contribution in [0.2, 0.25) is 0 Å². The highest BCUT2D eigenvalue weighted by Gasteiger charge is 2.14. The number of carbonyl (C=O) groups is 1. The molecule has 0 atom stereocenters. The van der Waals surface area contributed by atoms with Gasteiger partial charge in [-0.2, -0.15) is 10.2 Å². The maximum absolute atomic E-state index is 12.0. The highest BCUT2D eigenvalue weighted by molar-refractivity contribution is 5.92. The Bertz CT molecular complexity index is 557. The lowest BCUT2D eigenvalue weighted by atomic mass is 10.2. The van der Waals surface area contributed by atoms with Crippen molar-refractivity contribution in [3.63, 3.8) is 0 Å². The van der Waals surface area contributed by atoms with Gasteiger partial charge >= 0.3 is 0 Å². The van der Waals surface area contributed by atoms with Crippen molar-refractivity contribution in [2.75, 3.05) is 13.6 Å². The van der Waals surface area contributed by atoms with Gasteiger partial charge in [0.2, 0.25) is 0 Å². The molecule has 1 N–H and O–H groups in total. The van der Waals surface area contributed by atoms with Crippen LogP contribution in [0.3, 0.4) is 0 Å². The monoisotopic (exact) mass is 261 g/mol. The zero-order chi connectivity index (χ0) is 13.8. The maximum Gasteiger partial charge on any atom is 0.274 e. The predicted molar refractivity (Wildman–Crippen MR) is 71.8 cm³/mol. The van der Waals surface area contributed by atoms with Crippen molar-refractivity contribution in [1.29, 1.82) is 0 Å². The summed E-state index contributed by atoms with van der Waals surface area (Å²) >= 11 is 0. The van der Waals surface area contributed by atoms with Gasteiger partial charge in [0.25, 0.3) is 5.91 Å². The topological polar surface area (TPSA) is 66.8 Å². The fourth-order valence-electron chi connectivity index (χ4n) is 1.95. The Kier molecular flexibility index (Phi) is 3.99. The van der Waals surface area contributed by atoms with Crippen LogP contribution in [0.1, 0.15) is 28.2 Å². The normalized spacial score (nSPS) is 10.7. The quantitative estimate of drug-likeness (QED) is 0.878. The molecule has 2 aromatic rings. The summed E-state index contributed by atoms with van der Waals surface area (Å²) in [7, 11) is 3.70. The molecule has 0 aromatic carbocycles. The first kappa shape index (κ1) is 13.3. The van der Waals surface area contributed by atoms with Crippen LogP contribution in [0.15, 0.2) is 18.5 Å². The summed E-state index contributed by atoms with van der Waals surface area (Å²) in [5.41, 5.74) is 2.56. The molecular weight excluding hydrogens is 242 g/mol. The van der Waals surface area contributed by atoms with Crippen molar-refractivity contribution in [2.24, 2.45) is 7.05 Å². The lowest BCUT2D eigenvalue weighted by Crippen LogP contribution is -2.28. The van der Waals surface area contributed by atoms with Gasteiger partial charge in [-0.15, -0.1) is 0 Å². The summed E-state index contributed by atoms with van der Waals surface area (Å²) in [5.74, 6) is -0.0458. The van der Waals surface area contributed by atoms with Crippen LogP contribution in [0.5, 0.6) is 0 Å². The molecular formula is C13H19N5O. The van der Waals surface area contributed by atoms with Crippen molar-refractivity contribution in [3.05, 3.63) is 35.4 Å². The average Bonchev–Trinajstić information content (AvgIpc) is 2.97. The number of aromatic amines is 1. The Balaban J connectivity index is 1.81. The third-order valence-electron chi connectivity index (χ3n) is 2.99. The van der Waals surface area contributed by atoms with Gasteiger partial charge in [0.05, 0.1) is 6.20 Å². The van der Waals surface area contributed by atoms with Crippen LogP contribution in [-0.4, -0.2) is 44.4 Å². The molecule has 19 heavy (non-hydrogen) atoms. The number of nitrogens with one attached hydrogen (secondary N) is 1. The molecule has 0 bridgehead atoms. The third kappa shape index (κ3) is 3.43. The molecule has 2 heterocycles. The highest BCUT2D eigenvalue weighted by Crippen LogP contribution is 2.05. The molecule has 0 unspecified atom stereocenters. The van der Waals surface area contributed by atoms with E-state index in [4.69, 9.17) is 0 Å². The lowest BCUT2D eigenvalue weighted by Gasteiger charge is -2.15. The van der Waals surface area contributed by atoms with Gasteiger partial charge in [-0.25, -0.2) is 0 Å². The minimum Gasteiger partial charge on any atom is -0.340 e. The second-order valence-corrected chi connectivity index (χ2v) is 4.79. The van der Waals surface area contributed by atoms with Gasteiger partial charge in [0.1, 0.15) is 5.69 Å². The summed E-state index contributed by atoms with van der Waals surface area (Å²) in [6.45, 7) is 2.59. The van der Waals surface area contributed by atoms with Gasteiger partial charge in [0, 0.05) is 32.5 Å². The van der Waals surface area contributed by atoms with E-state index in [-0.39, 0.29) is 5.91 Å². The van der Waals surface area contributed by atoms with Gasteiger partial charge < -0.3 is 4.90 Å². The molecule has 0 radical (unpaired) electrons. The van der Waals surface area contributed by atoms with E-state index in [1.54, 1.807) is 22.7 Å². The van der Waals surface area contributed by atoms with E-state index in [0.717, 1.165) is 18.5 Å². The van der Waals surface area contributed by atoms with E-state index < -0.39 is 0 Å². The molecule has 0 aliphatic rings. The molecule has 2 aromatic heterocycles. The fourth-order valence-corrected chi connectivity index (χ4v) is 1.95. The standard InChI is InChI=1S/C13H19N5O/c1-10-7-12(16-15-10)13(19)17(2)6-4-5-11-8-14-18(3)9-11/h7-9H,4-6H2,1-3H3,(H,15,16). The molecule has 0 saturated carbocycles. The molecule has 6 heteroatoms. The van der Waals surface area contributed by atoms with Gasteiger partial charge in [0.15, 0.2) is 0 Å². The van der Waals surface area contributed by atoms with Crippen molar-refractivity contribution in [3.8, 4) is 0 Å². The van der Waals surface area contributed by atoms with Crippen LogP contribution in [0.4, 0.5) is 0 Å². The van der Waals surface area contributed by atoms with Crippen LogP contribution >= 0.6 is 0 Å². The molecule has 6 nitrogen and oxygen atoms in total. The predicted octanol–water partition coefficient (Wildman–Crippen LogP) is 1.16. The van der Waals surface area contributed by atoms with Crippen LogP contribution < -0.4 is 0 Å². The van der Waals surface area contributed by atoms with E-state index >= 15 is 0 Å². The lowest BCUT2D eigenvalue weighted by molar-refractivity contribution is 0.0788. The molecule has 1 amide bonds. The van der Waals surface area contributed by atoms with Crippen LogP contribution in [0, 0.1) is 6.92 Å². The number of hydrogen-bond acceptors (Lipinski definition) is 3. The van der Waals surface area contributed by atoms with E-state index in [0.29, 0.717) is 12.2 Å². The number of rotatable bonds is 5. The Labute approximate surface area is 112 Å². The number of H-pyrrole nitrogens is 1. The minimum absolute atomic E-state index is 0.0458. The van der Waals surface area contributed by atoms with Gasteiger partial charge in [-0.3, -0.25) is 14.6 Å². The van der Waals surface area contributed by atoms with E-state index in [9.17, 15) is 4.79 Å². The van der Waals surface area contributed by atoms with E-state index in [1.807, 2.05) is 26.4 Å². The van der Waals surface area contributed by atoms with Crippen LogP contribution in [-0.2, 0) is 13.5 Å². The molecule has 0 aliphatic heterocycles. The molecule has 0 fully saturated rings. The van der Waals surface area contributed by atoms with Crippen molar-refractivity contribution >= 4 is 5.91 Å². The Morgan fingerprint density at radius 3 is 2.89 bits per heavy atom. The summed E-state index contributed by atoms with van der Waals surface area (Å²) < 4.78 is 1.79. The summed E-state index contributed by atoms with van der Waals surface area (Å²) in [6.07, 6.45) is 5.69. The van der Waals surface area contributed by atoms with Crippen molar-refractivity contribution in [1.82, 2.24) is 24.9 Å². The summed E-state index contributed by atoms with van der Waals surface area (Å²) in [6, 6.07) is 1.76. The number of aryl methyl sites for hydroxylation is 3. The maximum atomic E-state index is 12.0. The van der Waals surface area contributed by atoms with Crippen LogP contribution in [0.25, 0.3) is 0 Å². The first-order chi connectivity index (χ1) is 9.06. The zero-order valence-corrected chi connectivity index (χ0v) is 11.6. The number of aromatic nitrogens is 4. The number of nitrogens with zero attached hydrogens (tertiary/aromatic N) is 4. The SMILES string of the molecule is Cc1cc(C(=O)N(C)CCCc2cnn(C)c2)n[nH]1. The molecule has 0 aliphatic carbocycles.